The molecule has 0 aromatic heterocycles. The number of nitrogens with one attached hydrogen (secondary N) is 1. The quantitative estimate of drug-likeness (QED) is 0.354. The molecule has 2 amide bonds. The van der Waals surface area contributed by atoms with E-state index in [1.54, 1.807) is 69.5 Å². The van der Waals surface area contributed by atoms with Crippen LogP contribution in [0.4, 0.5) is 5.69 Å². The van der Waals surface area contributed by atoms with Gasteiger partial charge in [0.2, 0.25) is 11.8 Å². The Morgan fingerprint density at radius 3 is 2.23 bits per heavy atom. The van der Waals surface area contributed by atoms with Gasteiger partial charge >= 0.3 is 0 Å². The van der Waals surface area contributed by atoms with E-state index in [4.69, 9.17) is 9.47 Å². The number of aryl methyl sites for hydroxylation is 2. The number of nitrogens with zero attached hydrogens (tertiary/aromatic N) is 2. The van der Waals surface area contributed by atoms with Crippen molar-refractivity contribution in [1.29, 1.82) is 0 Å². The maximum atomic E-state index is 14.0. The minimum absolute atomic E-state index is 0.0329. The van der Waals surface area contributed by atoms with Crippen molar-refractivity contribution >= 4 is 27.5 Å². The van der Waals surface area contributed by atoms with Crippen molar-refractivity contribution in [2.24, 2.45) is 0 Å². The number of hydrogen-bond donors (Lipinski definition) is 1. The molecule has 9 nitrogen and oxygen atoms in total. The highest BCUT2D eigenvalue weighted by Crippen LogP contribution is 2.34. The second kappa shape index (κ2) is 13.3. The lowest BCUT2D eigenvalue weighted by atomic mass is 10.1. The standard InChI is InChI=1S/C30H37N3O6S/c1-7-31-30(35)23(4)32(19-24-9-8-10-25(18-24)38-5)29(34)20-33(27-17-22(3)13-16-28(27)39-6)40(36,37)26-14-11-21(2)12-15-26/h8-18,23H,7,19-20H2,1-6H3,(H,31,35). The first-order valence-electron chi connectivity index (χ1n) is 13.0. The number of carbonyl (C=O) groups excluding carboxylic acids is 2. The summed E-state index contributed by atoms with van der Waals surface area (Å²) >= 11 is 0. The molecule has 0 saturated carbocycles. The van der Waals surface area contributed by atoms with Gasteiger partial charge < -0.3 is 19.7 Å². The first-order valence-corrected chi connectivity index (χ1v) is 14.4. The van der Waals surface area contributed by atoms with Crippen molar-refractivity contribution in [2.75, 3.05) is 31.6 Å². The number of ether oxygens (including phenoxy) is 2. The molecule has 40 heavy (non-hydrogen) atoms. The molecule has 1 unspecified atom stereocenters. The number of anilines is 1. The number of carbonyl (C=O) groups is 2. The second-order valence-corrected chi connectivity index (χ2v) is 11.3. The van der Waals surface area contributed by atoms with Crippen molar-refractivity contribution in [3.05, 3.63) is 83.4 Å². The number of methoxy groups -OCH3 is 2. The van der Waals surface area contributed by atoms with E-state index in [9.17, 15) is 18.0 Å². The zero-order chi connectivity index (χ0) is 29.4. The lowest BCUT2D eigenvalue weighted by molar-refractivity contribution is -0.139. The van der Waals surface area contributed by atoms with Crippen LogP contribution in [0.2, 0.25) is 0 Å². The number of hydrogen-bond acceptors (Lipinski definition) is 6. The van der Waals surface area contributed by atoms with Crippen LogP contribution in [0.3, 0.4) is 0 Å². The highest BCUT2D eigenvalue weighted by atomic mass is 32.2. The molecular formula is C30H37N3O6S. The zero-order valence-corrected chi connectivity index (χ0v) is 24.6. The van der Waals surface area contributed by atoms with Gasteiger partial charge in [0.25, 0.3) is 10.0 Å². The van der Waals surface area contributed by atoms with Crippen LogP contribution in [0.15, 0.2) is 71.6 Å². The summed E-state index contributed by atoms with van der Waals surface area (Å²) in [5.74, 6) is -0.00511. The van der Waals surface area contributed by atoms with Crippen LogP contribution < -0.4 is 19.1 Å². The average molecular weight is 568 g/mol. The van der Waals surface area contributed by atoms with Gasteiger partial charge in [0.1, 0.15) is 24.1 Å². The zero-order valence-electron chi connectivity index (χ0n) is 23.8. The third-order valence-electron chi connectivity index (χ3n) is 6.50. The Balaban J connectivity index is 2.10. The van der Waals surface area contributed by atoms with E-state index in [-0.39, 0.29) is 23.0 Å². The lowest BCUT2D eigenvalue weighted by Gasteiger charge is -2.32. The van der Waals surface area contributed by atoms with E-state index in [2.05, 4.69) is 5.32 Å². The summed E-state index contributed by atoms with van der Waals surface area (Å²) in [5, 5.41) is 2.75. The first-order chi connectivity index (χ1) is 19.0. The molecule has 1 N–H and O–H groups in total. The SMILES string of the molecule is CCNC(=O)C(C)N(Cc1cccc(OC)c1)C(=O)CN(c1cc(C)ccc1OC)S(=O)(=O)c1ccc(C)cc1. The molecule has 3 rings (SSSR count). The summed E-state index contributed by atoms with van der Waals surface area (Å²) < 4.78 is 39.9. The highest BCUT2D eigenvalue weighted by molar-refractivity contribution is 7.92. The van der Waals surface area contributed by atoms with Gasteiger partial charge in [-0.2, -0.15) is 0 Å². The average Bonchev–Trinajstić information content (AvgIpc) is 2.94. The van der Waals surface area contributed by atoms with Crippen molar-refractivity contribution in [1.82, 2.24) is 10.2 Å². The summed E-state index contributed by atoms with van der Waals surface area (Å²) in [6.07, 6.45) is 0. The number of rotatable bonds is 12. The van der Waals surface area contributed by atoms with Gasteiger partial charge in [-0.3, -0.25) is 13.9 Å². The molecule has 214 valence electrons. The van der Waals surface area contributed by atoms with Crippen LogP contribution in [-0.4, -0.2) is 58.5 Å². The Hall–Kier alpha value is -4.05. The first kappa shape index (κ1) is 30.5. The third-order valence-corrected chi connectivity index (χ3v) is 8.27. The summed E-state index contributed by atoms with van der Waals surface area (Å²) in [7, 11) is -1.22. The molecule has 0 saturated heterocycles. The van der Waals surface area contributed by atoms with E-state index in [1.807, 2.05) is 19.9 Å². The normalized spacial score (nSPS) is 11.8. The Kier molecular flexibility index (Phi) is 10.2. The van der Waals surface area contributed by atoms with Crippen LogP contribution in [0.1, 0.15) is 30.5 Å². The minimum Gasteiger partial charge on any atom is -0.497 e. The van der Waals surface area contributed by atoms with Crippen molar-refractivity contribution in [3.63, 3.8) is 0 Å². The van der Waals surface area contributed by atoms with Crippen LogP contribution in [0.5, 0.6) is 11.5 Å². The van der Waals surface area contributed by atoms with Crippen LogP contribution in [0, 0.1) is 13.8 Å². The molecule has 3 aromatic carbocycles. The summed E-state index contributed by atoms with van der Waals surface area (Å²) in [5.41, 5.74) is 2.64. The van der Waals surface area contributed by atoms with Crippen LogP contribution >= 0.6 is 0 Å². The third kappa shape index (κ3) is 7.12. The van der Waals surface area contributed by atoms with E-state index in [0.717, 1.165) is 21.0 Å². The minimum atomic E-state index is -4.20. The molecule has 0 bridgehead atoms. The van der Waals surface area contributed by atoms with Gasteiger partial charge in [0, 0.05) is 13.1 Å². The summed E-state index contributed by atoms with van der Waals surface area (Å²) in [6.45, 7) is 7.00. The number of likely N-dealkylation sites (N-methyl/N-ethyl adjacent to an activating group) is 1. The highest BCUT2D eigenvalue weighted by Gasteiger charge is 2.33. The van der Waals surface area contributed by atoms with Gasteiger partial charge in [0.05, 0.1) is 24.8 Å². The van der Waals surface area contributed by atoms with Crippen molar-refractivity contribution in [2.45, 2.75) is 45.2 Å². The van der Waals surface area contributed by atoms with Crippen LogP contribution in [0.25, 0.3) is 0 Å². The molecule has 0 aliphatic heterocycles. The monoisotopic (exact) mass is 567 g/mol. The number of sulfonamides is 1. The maximum absolute atomic E-state index is 14.0. The predicted octanol–water partition coefficient (Wildman–Crippen LogP) is 4.07. The molecule has 0 aliphatic rings. The van der Waals surface area contributed by atoms with Crippen molar-refractivity contribution < 1.29 is 27.5 Å². The maximum Gasteiger partial charge on any atom is 0.264 e. The number of benzene rings is 3. The molecule has 3 aromatic rings. The topological polar surface area (TPSA) is 105 Å². The van der Waals surface area contributed by atoms with E-state index in [1.165, 1.54) is 24.1 Å². The molecule has 0 fully saturated rings. The Bertz CT molecular complexity index is 1440. The van der Waals surface area contributed by atoms with Gasteiger partial charge in [-0.1, -0.05) is 35.9 Å². The van der Waals surface area contributed by atoms with Gasteiger partial charge in [-0.05, 0) is 75.2 Å². The van der Waals surface area contributed by atoms with Crippen molar-refractivity contribution in [3.8, 4) is 11.5 Å². The van der Waals surface area contributed by atoms with E-state index < -0.39 is 28.5 Å². The summed E-state index contributed by atoms with van der Waals surface area (Å²) in [4.78, 5) is 28.3. The van der Waals surface area contributed by atoms with Crippen LogP contribution in [-0.2, 0) is 26.2 Å². The molecule has 0 radical (unpaired) electrons. The summed E-state index contributed by atoms with van der Waals surface area (Å²) in [6, 6.07) is 17.8. The van der Waals surface area contributed by atoms with E-state index >= 15 is 0 Å². The molecular weight excluding hydrogens is 530 g/mol. The fourth-order valence-corrected chi connectivity index (χ4v) is 5.63. The van der Waals surface area contributed by atoms with Gasteiger partial charge in [-0.25, -0.2) is 8.42 Å². The lowest BCUT2D eigenvalue weighted by Crippen LogP contribution is -2.51. The molecule has 0 aliphatic carbocycles. The Labute approximate surface area is 236 Å². The fourth-order valence-electron chi connectivity index (χ4n) is 4.22. The van der Waals surface area contributed by atoms with Gasteiger partial charge in [-0.15, -0.1) is 0 Å². The number of amides is 2. The molecule has 1 atom stereocenters. The molecule has 0 spiro atoms. The smallest absolute Gasteiger partial charge is 0.264 e. The fraction of sp³-hybridized carbons (Fsp3) is 0.333. The molecule has 0 heterocycles. The Morgan fingerprint density at radius 1 is 0.925 bits per heavy atom. The largest absolute Gasteiger partial charge is 0.497 e. The van der Waals surface area contributed by atoms with E-state index in [0.29, 0.717) is 18.0 Å². The second-order valence-electron chi connectivity index (χ2n) is 9.44. The molecule has 10 heteroatoms. The Morgan fingerprint density at radius 2 is 1.60 bits per heavy atom. The predicted molar refractivity (Wildman–Crippen MR) is 155 cm³/mol. The van der Waals surface area contributed by atoms with Gasteiger partial charge in [0.15, 0.2) is 0 Å².